The zero-order valence-electron chi connectivity index (χ0n) is 20.1. The number of halogens is 3. The Hall–Kier alpha value is -3.31. The van der Waals surface area contributed by atoms with E-state index in [0.29, 0.717) is 18.9 Å². The van der Waals surface area contributed by atoms with Crippen molar-refractivity contribution in [1.82, 2.24) is 15.0 Å². The molecule has 12 heteroatoms. The van der Waals surface area contributed by atoms with Gasteiger partial charge >= 0.3 is 12.3 Å². The number of carbonyl (C=O) groups is 1. The first kappa shape index (κ1) is 25.8. The van der Waals surface area contributed by atoms with Gasteiger partial charge in [-0.15, -0.1) is 4.99 Å². The normalized spacial score (nSPS) is 19.5. The van der Waals surface area contributed by atoms with Gasteiger partial charge in [0.15, 0.2) is 0 Å². The molecule has 2 N–H and O–H groups in total. The topological polar surface area (TPSA) is 116 Å². The van der Waals surface area contributed by atoms with Crippen molar-refractivity contribution >= 4 is 12.1 Å². The molecule has 36 heavy (non-hydrogen) atoms. The number of methoxy groups -OCH3 is 1. The van der Waals surface area contributed by atoms with Crippen molar-refractivity contribution in [2.45, 2.75) is 63.6 Å². The van der Waals surface area contributed by atoms with Crippen LogP contribution in [0.25, 0.3) is 11.4 Å². The quantitative estimate of drug-likeness (QED) is 0.411. The van der Waals surface area contributed by atoms with E-state index in [2.05, 4.69) is 19.9 Å². The van der Waals surface area contributed by atoms with E-state index in [4.69, 9.17) is 15.0 Å². The Bertz CT molecular complexity index is 1080. The fraction of sp³-hybridized carbons (Fsp3) is 0.583. The van der Waals surface area contributed by atoms with E-state index in [1.807, 2.05) is 0 Å². The molecule has 0 unspecified atom stereocenters. The number of ether oxygens (including phenoxy) is 2. The number of benzene rings is 1. The third-order valence-electron chi connectivity index (χ3n) is 6.71. The second kappa shape index (κ2) is 11.2. The molecule has 1 aromatic carbocycles. The zero-order chi connectivity index (χ0) is 25.7. The summed E-state index contributed by atoms with van der Waals surface area (Å²) in [6.07, 6.45) is 2.39. The van der Waals surface area contributed by atoms with Crippen LogP contribution < -0.4 is 10.5 Å². The molecule has 2 fully saturated rings. The van der Waals surface area contributed by atoms with E-state index in [1.54, 1.807) is 4.90 Å². The lowest BCUT2D eigenvalue weighted by molar-refractivity contribution is -0.138. The minimum absolute atomic E-state index is 0.0135. The molecule has 1 saturated heterocycles. The number of hydrogen-bond acceptors (Lipinski definition) is 6. The second-order valence-corrected chi connectivity index (χ2v) is 9.10. The van der Waals surface area contributed by atoms with Crippen LogP contribution >= 0.6 is 0 Å². The first-order chi connectivity index (χ1) is 17.3. The van der Waals surface area contributed by atoms with Crippen molar-refractivity contribution in [2.75, 3.05) is 20.3 Å². The van der Waals surface area contributed by atoms with E-state index < -0.39 is 23.9 Å². The molecule has 1 amide bonds. The maximum absolute atomic E-state index is 13.8. The Kier molecular flexibility index (Phi) is 8.00. The molecular weight excluding hydrogens is 479 g/mol. The van der Waals surface area contributed by atoms with Crippen molar-refractivity contribution < 1.29 is 32.0 Å². The van der Waals surface area contributed by atoms with Crippen LogP contribution in [0.15, 0.2) is 27.7 Å². The van der Waals surface area contributed by atoms with Gasteiger partial charge in [-0.2, -0.15) is 18.2 Å². The predicted octanol–water partition coefficient (Wildman–Crippen LogP) is 5.32. The summed E-state index contributed by atoms with van der Waals surface area (Å²) in [5.74, 6) is 0.427. The number of aromatic nitrogens is 2. The van der Waals surface area contributed by atoms with E-state index >= 15 is 0 Å². The highest BCUT2D eigenvalue weighted by Gasteiger charge is 2.36. The molecule has 1 aliphatic carbocycles. The molecule has 196 valence electrons. The van der Waals surface area contributed by atoms with Gasteiger partial charge in [0.1, 0.15) is 11.8 Å². The summed E-state index contributed by atoms with van der Waals surface area (Å²) in [5, 5.41) is 3.88. The Morgan fingerprint density at radius 2 is 2.00 bits per heavy atom. The molecular formula is C24H30F3N5O4. The van der Waals surface area contributed by atoms with Gasteiger partial charge in [0, 0.05) is 12.1 Å². The summed E-state index contributed by atoms with van der Waals surface area (Å²) in [6.45, 7) is 0.741. The van der Waals surface area contributed by atoms with Crippen molar-refractivity contribution in [3.63, 3.8) is 0 Å². The minimum atomic E-state index is -4.61. The van der Waals surface area contributed by atoms with Crippen molar-refractivity contribution in [2.24, 2.45) is 16.6 Å². The average molecular weight is 510 g/mol. The molecule has 1 aliphatic heterocycles. The Morgan fingerprint density at radius 1 is 1.22 bits per heavy atom. The molecule has 9 nitrogen and oxygen atoms in total. The zero-order valence-corrected chi connectivity index (χ0v) is 20.1. The highest BCUT2D eigenvalue weighted by molar-refractivity contribution is 5.89. The molecule has 1 atom stereocenters. The van der Waals surface area contributed by atoms with Gasteiger partial charge in [0.25, 0.3) is 0 Å². The Balaban J connectivity index is 1.50. The largest absolute Gasteiger partial charge is 0.493 e. The Morgan fingerprint density at radius 3 is 2.72 bits per heavy atom. The fourth-order valence-electron chi connectivity index (χ4n) is 4.82. The summed E-state index contributed by atoms with van der Waals surface area (Å²) in [6, 6.07) is 3.31. The maximum Gasteiger partial charge on any atom is 0.436 e. The van der Waals surface area contributed by atoms with Gasteiger partial charge in [0.05, 0.1) is 19.3 Å². The minimum Gasteiger partial charge on any atom is -0.493 e. The fourth-order valence-corrected chi connectivity index (χ4v) is 4.82. The van der Waals surface area contributed by atoms with Crippen molar-refractivity contribution in [1.29, 1.82) is 0 Å². The standard InChI is InChI=1S/C24H30F3N5O4/c1-34-23(33)30-22(28)32-12-5-8-18(32)21-29-20(31-36-21)16-9-10-19(17(14-16)24(25,26)27)35-13-11-15-6-3-2-4-7-15/h9-10,14-15,18H,2-8,11-13H2,1H3,(H2,28,30,33)/t18-/m0/s1. The van der Waals surface area contributed by atoms with Gasteiger partial charge in [-0.05, 0) is 43.4 Å². The summed E-state index contributed by atoms with van der Waals surface area (Å²) in [4.78, 5) is 21.0. The van der Waals surface area contributed by atoms with Gasteiger partial charge in [0.2, 0.25) is 17.7 Å². The summed E-state index contributed by atoms with van der Waals surface area (Å²) < 4.78 is 56.9. The smallest absolute Gasteiger partial charge is 0.436 e. The van der Waals surface area contributed by atoms with Crippen molar-refractivity contribution in [3.8, 4) is 17.1 Å². The number of carbonyl (C=O) groups excluding carboxylic acids is 1. The summed E-state index contributed by atoms with van der Waals surface area (Å²) in [7, 11) is 1.19. The second-order valence-electron chi connectivity index (χ2n) is 9.10. The van der Waals surface area contributed by atoms with Crippen LogP contribution in [0.2, 0.25) is 0 Å². The molecule has 2 heterocycles. The lowest BCUT2D eigenvalue weighted by Crippen LogP contribution is -2.37. The number of nitrogens with two attached hydrogens (primary N) is 1. The monoisotopic (exact) mass is 509 g/mol. The highest BCUT2D eigenvalue weighted by atomic mass is 19.4. The number of rotatable bonds is 6. The maximum atomic E-state index is 13.8. The summed E-state index contributed by atoms with van der Waals surface area (Å²) in [5.41, 5.74) is 5.19. The van der Waals surface area contributed by atoms with Crippen LogP contribution in [0.5, 0.6) is 5.75 Å². The van der Waals surface area contributed by atoms with E-state index in [1.165, 1.54) is 38.5 Å². The third kappa shape index (κ3) is 6.08. The van der Waals surface area contributed by atoms with Gasteiger partial charge in [-0.25, -0.2) is 4.79 Å². The SMILES string of the molecule is COC(=O)/N=C(/N)N1CCC[C@H]1c1nc(-c2ccc(OCCC3CCCCC3)c(C(F)(F)F)c2)no1. The molecule has 1 aromatic heterocycles. The average Bonchev–Trinajstić information content (AvgIpc) is 3.54. The van der Waals surface area contributed by atoms with E-state index in [9.17, 15) is 18.0 Å². The molecule has 1 saturated carbocycles. The number of hydrogen-bond donors (Lipinski definition) is 1. The molecule has 4 rings (SSSR count). The lowest BCUT2D eigenvalue weighted by atomic mass is 9.87. The Labute approximate surface area is 206 Å². The highest BCUT2D eigenvalue weighted by Crippen LogP contribution is 2.39. The van der Waals surface area contributed by atoms with Crippen LogP contribution in [-0.2, 0) is 10.9 Å². The summed E-state index contributed by atoms with van der Waals surface area (Å²) >= 11 is 0. The molecule has 0 bridgehead atoms. The van der Waals surface area contributed by atoms with Crippen LogP contribution in [0.1, 0.15) is 68.9 Å². The van der Waals surface area contributed by atoms with Crippen LogP contribution in [0, 0.1) is 5.92 Å². The van der Waals surface area contributed by atoms with Crippen LogP contribution in [0.3, 0.4) is 0 Å². The number of nitrogens with zero attached hydrogens (tertiary/aromatic N) is 4. The van der Waals surface area contributed by atoms with Gasteiger partial charge in [-0.1, -0.05) is 37.3 Å². The first-order valence-corrected chi connectivity index (χ1v) is 12.1. The van der Waals surface area contributed by atoms with Crippen LogP contribution in [-0.4, -0.2) is 47.4 Å². The third-order valence-corrected chi connectivity index (χ3v) is 6.71. The molecule has 2 aromatic rings. The first-order valence-electron chi connectivity index (χ1n) is 12.1. The van der Waals surface area contributed by atoms with Crippen LogP contribution in [0.4, 0.5) is 18.0 Å². The predicted molar refractivity (Wildman–Crippen MR) is 124 cm³/mol. The van der Waals surface area contributed by atoms with Gasteiger partial charge < -0.3 is 24.6 Å². The number of aliphatic imine (C=N–C) groups is 1. The number of guanidine groups is 1. The van der Waals surface area contributed by atoms with Crippen molar-refractivity contribution in [3.05, 3.63) is 29.7 Å². The van der Waals surface area contributed by atoms with Gasteiger partial charge in [-0.3, -0.25) is 0 Å². The van der Waals surface area contributed by atoms with E-state index in [-0.39, 0.29) is 35.6 Å². The van der Waals surface area contributed by atoms with E-state index in [0.717, 1.165) is 31.7 Å². The lowest BCUT2D eigenvalue weighted by Gasteiger charge is -2.22. The molecule has 2 aliphatic rings. The molecule has 0 radical (unpaired) electrons. The molecule has 0 spiro atoms. The number of alkyl halides is 3. The number of likely N-dealkylation sites (tertiary alicyclic amines) is 1. The number of amides is 1.